The predicted octanol–water partition coefficient (Wildman–Crippen LogP) is 6.97. The molecule has 0 aliphatic heterocycles. The second-order valence-electron chi connectivity index (χ2n) is 6.34. The van der Waals surface area contributed by atoms with Gasteiger partial charge in [-0.3, -0.25) is 0 Å². The number of ether oxygens (including phenoxy) is 1. The quantitative estimate of drug-likeness (QED) is 0.188. The van der Waals surface area contributed by atoms with Gasteiger partial charge in [0, 0.05) is 11.1 Å². The van der Waals surface area contributed by atoms with E-state index in [1.807, 2.05) is 5.16 Å². The number of halogens is 5. The van der Waals surface area contributed by atoms with E-state index in [4.69, 9.17) is 0 Å². The minimum absolute atomic E-state index is 0.314. The molecule has 0 aliphatic rings. The smallest absolute Gasteiger partial charge is 0.406 e. The summed E-state index contributed by atoms with van der Waals surface area (Å²) < 4.78 is 68.8. The third-order valence-corrected chi connectivity index (χ3v) is 4.26. The first-order valence-electron chi connectivity index (χ1n) is 8.72. The molecule has 0 fully saturated rings. The molecule has 0 aliphatic carbocycles. The summed E-state index contributed by atoms with van der Waals surface area (Å²) in [5.41, 5.74) is 2.05. The molecule has 31 heavy (non-hydrogen) atoms. The van der Waals surface area contributed by atoms with Gasteiger partial charge in [-0.15, -0.1) is 13.2 Å². The zero-order chi connectivity index (χ0) is 22.6. The molecule has 0 unspecified atom stereocenters. The minimum Gasteiger partial charge on any atom is -0.406 e. The van der Waals surface area contributed by atoms with Crippen LogP contribution in [0.25, 0.3) is 11.1 Å². The van der Waals surface area contributed by atoms with E-state index in [-0.39, 0.29) is 5.75 Å². The van der Waals surface area contributed by atoms with Gasteiger partial charge in [0.25, 0.3) is 0 Å². The molecule has 3 aromatic carbocycles. The molecule has 0 radical (unpaired) electrons. The molecule has 0 amide bonds. The van der Waals surface area contributed by atoms with E-state index < -0.39 is 23.7 Å². The molecule has 0 saturated carbocycles. The lowest BCUT2D eigenvalue weighted by molar-refractivity contribution is -0.274. The lowest BCUT2D eigenvalue weighted by atomic mass is 10.0. The van der Waals surface area contributed by atoms with Crippen LogP contribution in [0.5, 0.6) is 5.75 Å². The van der Waals surface area contributed by atoms with Gasteiger partial charge in [-0.1, -0.05) is 24.0 Å². The summed E-state index contributed by atoms with van der Waals surface area (Å²) in [7, 11) is 0. The Morgan fingerprint density at radius 1 is 0.871 bits per heavy atom. The van der Waals surface area contributed by atoms with Crippen LogP contribution < -0.4 is 4.74 Å². The van der Waals surface area contributed by atoms with Gasteiger partial charge >= 0.3 is 6.36 Å². The molecule has 0 saturated heterocycles. The van der Waals surface area contributed by atoms with Crippen LogP contribution >= 0.6 is 12.2 Å². The Labute approximate surface area is 180 Å². The zero-order valence-corrected chi connectivity index (χ0v) is 16.7. The molecule has 2 nitrogen and oxygen atoms in total. The van der Waals surface area contributed by atoms with Crippen molar-refractivity contribution in [2.24, 2.45) is 4.99 Å². The number of thiocarbonyl (C=S) groups is 1. The standard InChI is InChI=1S/C23H12F5NOS/c1-14-10-19(30-23(26,27)28)9-8-16(14)5-2-15-3-6-17(7-4-15)18-11-20(24)22(29-13-31)21(25)12-18/h3-4,6-12H,1H3. The average molecular weight is 445 g/mol. The molecule has 0 atom stereocenters. The topological polar surface area (TPSA) is 21.6 Å². The van der Waals surface area contributed by atoms with Crippen molar-refractivity contribution in [3.8, 4) is 28.7 Å². The largest absolute Gasteiger partial charge is 0.573 e. The van der Waals surface area contributed by atoms with E-state index >= 15 is 0 Å². The predicted molar refractivity (Wildman–Crippen MR) is 110 cm³/mol. The lowest BCUT2D eigenvalue weighted by Crippen LogP contribution is -2.17. The fraction of sp³-hybridized carbons (Fsp3) is 0.0870. The Bertz CT molecular complexity index is 1210. The van der Waals surface area contributed by atoms with Crippen LogP contribution in [0.15, 0.2) is 59.6 Å². The van der Waals surface area contributed by atoms with Crippen molar-refractivity contribution in [2.45, 2.75) is 13.3 Å². The first-order valence-corrected chi connectivity index (χ1v) is 9.13. The molecule has 0 N–H and O–H groups in total. The van der Waals surface area contributed by atoms with Crippen LogP contribution in [-0.2, 0) is 0 Å². The van der Waals surface area contributed by atoms with Gasteiger partial charge in [0.2, 0.25) is 0 Å². The summed E-state index contributed by atoms with van der Waals surface area (Å²) in [5, 5.41) is 1.93. The van der Waals surface area contributed by atoms with Gasteiger partial charge in [-0.05, 0) is 78.3 Å². The van der Waals surface area contributed by atoms with Gasteiger partial charge in [0.1, 0.15) is 11.4 Å². The Balaban J connectivity index is 1.81. The van der Waals surface area contributed by atoms with E-state index in [2.05, 4.69) is 33.8 Å². The fourth-order valence-corrected chi connectivity index (χ4v) is 2.83. The molecule has 8 heteroatoms. The highest BCUT2D eigenvalue weighted by Gasteiger charge is 2.31. The van der Waals surface area contributed by atoms with E-state index in [1.165, 1.54) is 18.2 Å². The second-order valence-corrected chi connectivity index (χ2v) is 6.53. The van der Waals surface area contributed by atoms with Gasteiger partial charge in [-0.25, -0.2) is 8.78 Å². The number of isothiocyanates is 1. The average Bonchev–Trinajstić information content (AvgIpc) is 2.69. The highest BCUT2D eigenvalue weighted by atomic mass is 32.1. The zero-order valence-electron chi connectivity index (χ0n) is 15.8. The van der Waals surface area contributed by atoms with Crippen LogP contribution in [-0.4, -0.2) is 11.5 Å². The monoisotopic (exact) mass is 445 g/mol. The Morgan fingerprint density at radius 3 is 2.06 bits per heavy atom. The molecule has 0 heterocycles. The van der Waals surface area contributed by atoms with Crippen molar-refractivity contribution < 1.29 is 26.7 Å². The maximum atomic E-state index is 14.0. The maximum absolute atomic E-state index is 14.0. The molecule has 0 spiro atoms. The molecule has 3 aromatic rings. The molecular formula is C23H12F5NOS. The molecule has 156 valence electrons. The fourth-order valence-electron chi connectivity index (χ4n) is 2.74. The first-order chi connectivity index (χ1) is 14.7. The SMILES string of the molecule is Cc1cc(OC(F)(F)F)ccc1C#Cc1ccc(-c2cc(F)c(N=C=S)c(F)c2)cc1. The van der Waals surface area contributed by atoms with E-state index in [0.717, 1.165) is 12.1 Å². The van der Waals surface area contributed by atoms with Crippen molar-refractivity contribution in [3.05, 3.63) is 82.9 Å². The summed E-state index contributed by atoms with van der Waals surface area (Å²) in [4.78, 5) is 3.37. The summed E-state index contributed by atoms with van der Waals surface area (Å²) in [6.45, 7) is 1.62. The van der Waals surface area contributed by atoms with Gasteiger partial charge in [-0.2, -0.15) is 4.99 Å². The number of aryl methyl sites for hydroxylation is 1. The Hall–Kier alpha value is -3.53. The lowest BCUT2D eigenvalue weighted by Gasteiger charge is -2.09. The van der Waals surface area contributed by atoms with Crippen LogP contribution in [0.3, 0.4) is 0 Å². The number of aliphatic imine (C=N–C) groups is 1. The van der Waals surface area contributed by atoms with E-state index in [1.54, 1.807) is 31.2 Å². The second kappa shape index (κ2) is 9.09. The van der Waals surface area contributed by atoms with E-state index in [9.17, 15) is 22.0 Å². The van der Waals surface area contributed by atoms with E-state index in [0.29, 0.717) is 27.8 Å². The number of hydrogen-bond donors (Lipinski definition) is 0. The first kappa shape index (κ1) is 22.2. The number of nitrogens with zero attached hydrogens (tertiary/aromatic N) is 1. The highest BCUT2D eigenvalue weighted by Crippen LogP contribution is 2.29. The molecular weight excluding hydrogens is 433 g/mol. The number of rotatable bonds is 3. The van der Waals surface area contributed by atoms with Crippen molar-refractivity contribution in [3.63, 3.8) is 0 Å². The van der Waals surface area contributed by atoms with Crippen LogP contribution in [0.2, 0.25) is 0 Å². The van der Waals surface area contributed by atoms with Gasteiger partial charge in [0.05, 0.1) is 5.16 Å². The van der Waals surface area contributed by atoms with Gasteiger partial charge < -0.3 is 4.74 Å². The number of benzene rings is 3. The summed E-state index contributed by atoms with van der Waals surface area (Å²) in [5.74, 6) is 3.75. The third kappa shape index (κ3) is 5.76. The van der Waals surface area contributed by atoms with Crippen LogP contribution in [0.4, 0.5) is 27.6 Å². The van der Waals surface area contributed by atoms with Crippen molar-refractivity contribution >= 4 is 23.1 Å². The van der Waals surface area contributed by atoms with Crippen LogP contribution in [0, 0.1) is 30.4 Å². The Morgan fingerprint density at radius 2 is 1.52 bits per heavy atom. The molecule has 0 aromatic heterocycles. The summed E-state index contributed by atoms with van der Waals surface area (Å²) >= 11 is 4.38. The highest BCUT2D eigenvalue weighted by molar-refractivity contribution is 7.78. The summed E-state index contributed by atoms with van der Waals surface area (Å²) in [6, 6.07) is 12.8. The van der Waals surface area contributed by atoms with Crippen LogP contribution in [0.1, 0.15) is 16.7 Å². The normalized spacial score (nSPS) is 10.6. The number of alkyl halides is 3. The molecule has 0 bridgehead atoms. The molecule has 3 rings (SSSR count). The summed E-state index contributed by atoms with van der Waals surface area (Å²) in [6.07, 6.45) is -4.76. The minimum atomic E-state index is -4.76. The van der Waals surface area contributed by atoms with Gasteiger partial charge in [0.15, 0.2) is 11.6 Å². The Kier molecular flexibility index (Phi) is 6.50. The maximum Gasteiger partial charge on any atom is 0.573 e. The van der Waals surface area contributed by atoms with Crippen molar-refractivity contribution in [1.82, 2.24) is 0 Å². The number of hydrogen-bond acceptors (Lipinski definition) is 3. The van der Waals surface area contributed by atoms with Crippen molar-refractivity contribution in [1.29, 1.82) is 0 Å². The van der Waals surface area contributed by atoms with Crippen molar-refractivity contribution in [2.75, 3.05) is 0 Å². The third-order valence-electron chi connectivity index (χ3n) is 4.17.